The van der Waals surface area contributed by atoms with Crippen LogP contribution in [0.5, 0.6) is 0 Å². The first-order valence-corrected chi connectivity index (χ1v) is 11.1. The maximum absolute atomic E-state index is 14.0. The summed E-state index contributed by atoms with van der Waals surface area (Å²) in [5.74, 6) is 0.184. The topological polar surface area (TPSA) is 41.4 Å². The summed E-state index contributed by atoms with van der Waals surface area (Å²) in [6.45, 7) is 2.44. The quantitative estimate of drug-likeness (QED) is 0.519. The Labute approximate surface area is 181 Å². The largest absolute Gasteiger partial charge is 0.366 e. The summed E-state index contributed by atoms with van der Waals surface area (Å²) in [4.78, 5) is 20.9. The van der Waals surface area contributed by atoms with Gasteiger partial charge in [-0.05, 0) is 36.4 Å². The lowest BCUT2D eigenvalue weighted by Crippen LogP contribution is -2.49. The molecule has 0 aliphatic carbocycles. The number of aromatic nitrogens is 2. The summed E-state index contributed by atoms with van der Waals surface area (Å²) in [5, 5.41) is 0.783. The van der Waals surface area contributed by atoms with Gasteiger partial charge in [0.05, 0.1) is 11.4 Å². The van der Waals surface area contributed by atoms with E-state index in [0.717, 1.165) is 15.3 Å². The second kappa shape index (κ2) is 9.00. The fourth-order valence-corrected chi connectivity index (χ4v) is 4.46. The molecule has 1 aliphatic rings. The zero-order valence-electron chi connectivity index (χ0n) is 15.7. The summed E-state index contributed by atoms with van der Waals surface area (Å²) in [6, 6.07) is 14.7. The van der Waals surface area contributed by atoms with Crippen LogP contribution >= 0.6 is 27.7 Å². The van der Waals surface area contributed by atoms with E-state index in [9.17, 15) is 9.18 Å². The van der Waals surface area contributed by atoms with Gasteiger partial charge < -0.3 is 9.80 Å². The molecule has 1 aromatic heterocycles. The zero-order valence-corrected chi connectivity index (χ0v) is 18.1. The first kappa shape index (κ1) is 20.0. The lowest BCUT2D eigenvalue weighted by molar-refractivity contribution is -0.128. The zero-order chi connectivity index (χ0) is 20.2. The van der Waals surface area contributed by atoms with E-state index in [0.29, 0.717) is 37.6 Å². The monoisotopic (exact) mass is 474 g/mol. The van der Waals surface area contributed by atoms with E-state index in [1.54, 1.807) is 18.3 Å². The predicted octanol–water partition coefficient (Wildman–Crippen LogP) is 4.21. The van der Waals surface area contributed by atoms with E-state index < -0.39 is 0 Å². The highest BCUT2D eigenvalue weighted by atomic mass is 79.9. The molecule has 0 atom stereocenters. The number of piperazine rings is 1. The molecule has 0 spiro atoms. The van der Waals surface area contributed by atoms with Crippen molar-refractivity contribution in [1.82, 2.24) is 14.5 Å². The van der Waals surface area contributed by atoms with E-state index in [2.05, 4.69) is 20.9 Å². The van der Waals surface area contributed by atoms with Crippen molar-refractivity contribution in [3.8, 4) is 5.69 Å². The Hall–Kier alpha value is -2.32. The molecule has 8 heteroatoms. The highest BCUT2D eigenvalue weighted by molar-refractivity contribution is 9.10. The van der Waals surface area contributed by atoms with Gasteiger partial charge in [-0.15, -0.1) is 0 Å². The minimum Gasteiger partial charge on any atom is -0.366 e. The van der Waals surface area contributed by atoms with Gasteiger partial charge in [0.15, 0.2) is 5.16 Å². The van der Waals surface area contributed by atoms with Gasteiger partial charge >= 0.3 is 0 Å². The molecule has 0 bridgehead atoms. The van der Waals surface area contributed by atoms with Crippen LogP contribution in [0.2, 0.25) is 0 Å². The van der Waals surface area contributed by atoms with Crippen molar-refractivity contribution in [1.29, 1.82) is 0 Å². The lowest BCUT2D eigenvalue weighted by Gasteiger charge is -2.36. The first-order valence-electron chi connectivity index (χ1n) is 9.31. The molecule has 1 saturated heterocycles. The molecule has 0 saturated carbocycles. The normalized spacial score (nSPS) is 14.3. The molecular weight excluding hydrogens is 455 g/mol. The molecule has 1 fully saturated rings. The fraction of sp³-hybridized carbons (Fsp3) is 0.238. The minimum atomic E-state index is -0.220. The number of carbonyl (C=O) groups excluding carboxylic acids is 1. The standard InChI is InChI=1S/C21H20BrFN4OS/c22-16-5-7-17(8-6-16)27-10-9-24-21(27)29-15-20(28)26-13-11-25(12-14-26)19-4-2-1-3-18(19)23/h1-10H,11-15H2. The van der Waals surface area contributed by atoms with E-state index in [-0.39, 0.29) is 11.7 Å². The van der Waals surface area contributed by atoms with Gasteiger partial charge in [-0.1, -0.05) is 39.8 Å². The fourth-order valence-electron chi connectivity index (χ4n) is 3.32. The number of benzene rings is 2. The van der Waals surface area contributed by atoms with Crippen LogP contribution < -0.4 is 4.90 Å². The molecule has 0 radical (unpaired) electrons. The van der Waals surface area contributed by atoms with Crippen LogP contribution in [0.25, 0.3) is 5.69 Å². The molecule has 4 rings (SSSR count). The summed E-state index contributed by atoms with van der Waals surface area (Å²) in [5.41, 5.74) is 1.60. The number of amides is 1. The molecule has 3 aromatic rings. The van der Waals surface area contributed by atoms with Crippen molar-refractivity contribution < 1.29 is 9.18 Å². The molecule has 0 unspecified atom stereocenters. The van der Waals surface area contributed by atoms with Crippen molar-refractivity contribution in [2.45, 2.75) is 5.16 Å². The van der Waals surface area contributed by atoms with Crippen molar-refractivity contribution in [3.63, 3.8) is 0 Å². The lowest BCUT2D eigenvalue weighted by atomic mass is 10.2. The van der Waals surface area contributed by atoms with E-state index in [4.69, 9.17) is 0 Å². The highest BCUT2D eigenvalue weighted by Gasteiger charge is 2.23. The smallest absolute Gasteiger partial charge is 0.233 e. The number of anilines is 1. The number of nitrogens with zero attached hydrogens (tertiary/aromatic N) is 4. The van der Waals surface area contributed by atoms with Crippen molar-refractivity contribution in [3.05, 3.63) is 71.2 Å². The molecule has 2 heterocycles. The molecule has 29 heavy (non-hydrogen) atoms. The van der Waals surface area contributed by atoms with Crippen LogP contribution in [-0.2, 0) is 4.79 Å². The number of para-hydroxylation sites is 1. The highest BCUT2D eigenvalue weighted by Crippen LogP contribution is 2.23. The SMILES string of the molecule is O=C(CSc1nccn1-c1ccc(Br)cc1)N1CCN(c2ccccc2F)CC1. The van der Waals surface area contributed by atoms with Crippen LogP contribution in [0.15, 0.2) is 70.6 Å². The first-order chi connectivity index (χ1) is 14.1. The summed E-state index contributed by atoms with van der Waals surface area (Å²) in [6.07, 6.45) is 3.63. The summed E-state index contributed by atoms with van der Waals surface area (Å²) in [7, 11) is 0. The van der Waals surface area contributed by atoms with Gasteiger partial charge in [-0.3, -0.25) is 9.36 Å². The van der Waals surface area contributed by atoms with Gasteiger partial charge in [0.25, 0.3) is 0 Å². The average molecular weight is 475 g/mol. The van der Waals surface area contributed by atoms with Crippen molar-refractivity contribution in [2.75, 3.05) is 36.8 Å². The van der Waals surface area contributed by atoms with E-state index >= 15 is 0 Å². The summed E-state index contributed by atoms with van der Waals surface area (Å²) >= 11 is 4.87. The Kier molecular flexibility index (Phi) is 6.20. The Morgan fingerprint density at radius 3 is 2.52 bits per heavy atom. The Balaban J connectivity index is 1.33. The molecular formula is C21H20BrFN4OS. The number of carbonyl (C=O) groups is 1. The van der Waals surface area contributed by atoms with Crippen LogP contribution in [0.3, 0.4) is 0 Å². The van der Waals surface area contributed by atoms with Gasteiger partial charge in [-0.2, -0.15) is 0 Å². The molecule has 2 aromatic carbocycles. The van der Waals surface area contributed by atoms with E-state index in [1.165, 1.54) is 17.8 Å². The molecule has 1 aliphatic heterocycles. The van der Waals surface area contributed by atoms with Crippen molar-refractivity contribution >= 4 is 39.3 Å². The average Bonchev–Trinajstić information content (AvgIpc) is 3.22. The van der Waals surface area contributed by atoms with Gasteiger partial charge in [0.1, 0.15) is 5.82 Å². The maximum atomic E-state index is 14.0. The Morgan fingerprint density at radius 2 is 1.79 bits per heavy atom. The number of hydrogen-bond donors (Lipinski definition) is 0. The number of hydrogen-bond acceptors (Lipinski definition) is 4. The van der Waals surface area contributed by atoms with Gasteiger partial charge in [-0.25, -0.2) is 9.37 Å². The molecule has 1 amide bonds. The maximum Gasteiger partial charge on any atom is 0.233 e. The molecule has 0 N–H and O–H groups in total. The van der Waals surface area contributed by atoms with Crippen LogP contribution in [0, 0.1) is 5.82 Å². The van der Waals surface area contributed by atoms with Crippen LogP contribution in [0.4, 0.5) is 10.1 Å². The van der Waals surface area contributed by atoms with Crippen LogP contribution in [-0.4, -0.2) is 52.3 Å². The minimum absolute atomic E-state index is 0.0774. The van der Waals surface area contributed by atoms with Gasteiger partial charge in [0, 0.05) is 48.7 Å². The number of thioether (sulfide) groups is 1. The second-order valence-electron chi connectivity index (χ2n) is 6.66. The third-order valence-corrected chi connectivity index (χ3v) is 6.34. The van der Waals surface area contributed by atoms with Crippen molar-refractivity contribution in [2.24, 2.45) is 0 Å². The van der Waals surface area contributed by atoms with Crippen LogP contribution in [0.1, 0.15) is 0 Å². The summed E-state index contributed by atoms with van der Waals surface area (Å²) < 4.78 is 17.0. The third-order valence-electron chi connectivity index (χ3n) is 4.86. The third kappa shape index (κ3) is 4.64. The Morgan fingerprint density at radius 1 is 1.07 bits per heavy atom. The predicted molar refractivity (Wildman–Crippen MR) is 117 cm³/mol. The molecule has 150 valence electrons. The molecule has 5 nitrogen and oxygen atoms in total. The Bertz CT molecular complexity index is 986. The van der Waals surface area contributed by atoms with E-state index in [1.807, 2.05) is 50.9 Å². The number of halogens is 2. The number of imidazole rings is 1. The number of rotatable bonds is 5. The van der Waals surface area contributed by atoms with Gasteiger partial charge in [0.2, 0.25) is 5.91 Å². The second-order valence-corrected chi connectivity index (χ2v) is 8.52.